The van der Waals surface area contributed by atoms with Crippen molar-refractivity contribution in [2.24, 2.45) is 4.99 Å². The number of rotatable bonds is 8. The first-order chi connectivity index (χ1) is 12.7. The molecule has 1 aromatic rings. The number of piperazine rings is 1. The summed E-state index contributed by atoms with van der Waals surface area (Å²) in [5.41, 5.74) is 1.17. The number of allylic oxidation sites excluding steroid dienone is 1. The van der Waals surface area contributed by atoms with Gasteiger partial charge in [0.1, 0.15) is 5.82 Å². The van der Waals surface area contributed by atoms with Crippen molar-refractivity contribution < 1.29 is 0 Å². The molecule has 6 nitrogen and oxygen atoms in total. The highest BCUT2D eigenvalue weighted by atomic mass is 15.3. The van der Waals surface area contributed by atoms with Gasteiger partial charge in [0.2, 0.25) is 0 Å². The first-order valence-corrected chi connectivity index (χ1v) is 9.62. The molecule has 0 atom stereocenters. The van der Waals surface area contributed by atoms with Gasteiger partial charge in [-0.3, -0.25) is 4.99 Å². The van der Waals surface area contributed by atoms with E-state index < -0.39 is 0 Å². The molecule has 1 fully saturated rings. The summed E-state index contributed by atoms with van der Waals surface area (Å²) in [4.78, 5) is 16.0. The Morgan fingerprint density at radius 2 is 2.12 bits per heavy atom. The zero-order valence-electron chi connectivity index (χ0n) is 16.6. The van der Waals surface area contributed by atoms with Crippen molar-refractivity contribution in [3.63, 3.8) is 0 Å². The molecule has 0 radical (unpaired) electrons. The van der Waals surface area contributed by atoms with E-state index >= 15 is 0 Å². The van der Waals surface area contributed by atoms with E-state index in [0.717, 1.165) is 70.4 Å². The van der Waals surface area contributed by atoms with Gasteiger partial charge < -0.3 is 20.0 Å². The molecular weight excluding hydrogens is 324 g/mol. The predicted octanol–water partition coefficient (Wildman–Crippen LogP) is 2.20. The molecule has 1 N–H and O–H groups in total. The van der Waals surface area contributed by atoms with E-state index in [2.05, 4.69) is 62.7 Å². The fourth-order valence-electron chi connectivity index (χ4n) is 3.15. The molecule has 0 aliphatic carbocycles. The van der Waals surface area contributed by atoms with Crippen LogP contribution in [0.4, 0.5) is 5.82 Å². The lowest BCUT2D eigenvalue weighted by Crippen LogP contribution is -2.46. The smallest absolute Gasteiger partial charge is 0.193 e. The number of anilines is 1. The van der Waals surface area contributed by atoms with Gasteiger partial charge in [0.05, 0.1) is 0 Å². The third-order valence-electron chi connectivity index (χ3n) is 4.88. The van der Waals surface area contributed by atoms with E-state index in [9.17, 15) is 0 Å². The lowest BCUT2D eigenvalue weighted by molar-refractivity contribution is 0.270. The second-order valence-corrected chi connectivity index (χ2v) is 6.70. The number of aliphatic imine (C=N–C) groups is 1. The van der Waals surface area contributed by atoms with E-state index in [0.29, 0.717) is 0 Å². The summed E-state index contributed by atoms with van der Waals surface area (Å²) in [5.74, 6) is 1.99. The fraction of sp³-hybridized carbons (Fsp3) is 0.600. The summed E-state index contributed by atoms with van der Waals surface area (Å²) >= 11 is 0. The SMILES string of the molecule is C=CCCCN(C)C(=NC)NCc1ccc(N2CCN(CC)CC2)nc1. The summed E-state index contributed by atoms with van der Waals surface area (Å²) in [6.45, 7) is 13.2. The second kappa shape index (κ2) is 10.8. The zero-order valence-corrected chi connectivity index (χ0v) is 16.6. The van der Waals surface area contributed by atoms with Crippen LogP contribution in [-0.2, 0) is 6.54 Å². The summed E-state index contributed by atoms with van der Waals surface area (Å²) < 4.78 is 0. The monoisotopic (exact) mass is 358 g/mol. The Bertz CT molecular complexity index is 560. The molecule has 26 heavy (non-hydrogen) atoms. The highest BCUT2D eigenvalue weighted by Crippen LogP contribution is 2.14. The number of unbranched alkanes of at least 4 members (excludes halogenated alkanes) is 1. The summed E-state index contributed by atoms with van der Waals surface area (Å²) in [6, 6.07) is 4.29. The summed E-state index contributed by atoms with van der Waals surface area (Å²) in [6.07, 6.45) is 6.04. The molecule has 144 valence electrons. The molecule has 0 bridgehead atoms. The van der Waals surface area contributed by atoms with E-state index in [1.54, 1.807) is 0 Å². The molecule has 1 saturated heterocycles. The van der Waals surface area contributed by atoms with Gasteiger partial charge in [0.15, 0.2) is 5.96 Å². The minimum atomic E-state index is 0.732. The molecule has 0 unspecified atom stereocenters. The first kappa shape index (κ1) is 20.2. The molecular formula is C20H34N6. The number of guanidine groups is 1. The van der Waals surface area contributed by atoms with Crippen molar-refractivity contribution in [2.75, 3.05) is 58.3 Å². The van der Waals surface area contributed by atoms with Gasteiger partial charge in [-0.15, -0.1) is 6.58 Å². The highest BCUT2D eigenvalue weighted by Gasteiger charge is 2.16. The van der Waals surface area contributed by atoms with Crippen LogP contribution >= 0.6 is 0 Å². The van der Waals surface area contributed by atoms with Crippen LogP contribution in [0.1, 0.15) is 25.3 Å². The normalized spacial score (nSPS) is 15.8. The number of likely N-dealkylation sites (N-methyl/N-ethyl adjacent to an activating group) is 1. The molecule has 6 heteroatoms. The standard InChI is InChI=1S/C20H34N6/c1-5-7-8-11-24(4)20(21-3)23-17-18-9-10-19(22-16-18)26-14-12-25(6-2)13-15-26/h5,9-10,16H,1,6-8,11-15,17H2,2-4H3,(H,21,23). The third kappa shape index (κ3) is 6.02. The van der Waals surface area contributed by atoms with Gasteiger partial charge in [-0.05, 0) is 31.0 Å². The Morgan fingerprint density at radius 3 is 2.69 bits per heavy atom. The van der Waals surface area contributed by atoms with Crippen molar-refractivity contribution in [1.29, 1.82) is 0 Å². The zero-order chi connectivity index (χ0) is 18.8. The average molecular weight is 359 g/mol. The molecule has 0 saturated carbocycles. The van der Waals surface area contributed by atoms with Gasteiger partial charge in [0.25, 0.3) is 0 Å². The van der Waals surface area contributed by atoms with Crippen molar-refractivity contribution >= 4 is 11.8 Å². The van der Waals surface area contributed by atoms with Gasteiger partial charge in [0, 0.05) is 59.6 Å². The van der Waals surface area contributed by atoms with Crippen LogP contribution in [0.25, 0.3) is 0 Å². The van der Waals surface area contributed by atoms with E-state index in [1.807, 2.05) is 19.3 Å². The first-order valence-electron chi connectivity index (χ1n) is 9.62. The van der Waals surface area contributed by atoms with Crippen molar-refractivity contribution in [2.45, 2.75) is 26.3 Å². The van der Waals surface area contributed by atoms with Gasteiger partial charge in [-0.25, -0.2) is 4.98 Å². The topological polar surface area (TPSA) is 47.0 Å². The molecule has 0 spiro atoms. The number of hydrogen-bond acceptors (Lipinski definition) is 4. The van der Waals surface area contributed by atoms with Gasteiger partial charge in [-0.1, -0.05) is 19.1 Å². The molecule has 1 aliphatic rings. The van der Waals surface area contributed by atoms with Crippen LogP contribution in [0.3, 0.4) is 0 Å². The maximum Gasteiger partial charge on any atom is 0.193 e. The summed E-state index contributed by atoms with van der Waals surface area (Å²) in [5, 5.41) is 3.41. The lowest BCUT2D eigenvalue weighted by atomic mass is 10.2. The number of pyridine rings is 1. The van der Waals surface area contributed by atoms with Crippen LogP contribution in [0.15, 0.2) is 36.0 Å². The van der Waals surface area contributed by atoms with Crippen LogP contribution < -0.4 is 10.2 Å². The van der Waals surface area contributed by atoms with E-state index in [1.165, 1.54) is 5.56 Å². The van der Waals surface area contributed by atoms with E-state index in [-0.39, 0.29) is 0 Å². The minimum Gasteiger partial charge on any atom is -0.354 e. The lowest BCUT2D eigenvalue weighted by Gasteiger charge is -2.34. The van der Waals surface area contributed by atoms with Crippen LogP contribution in [0, 0.1) is 0 Å². The Morgan fingerprint density at radius 1 is 1.35 bits per heavy atom. The van der Waals surface area contributed by atoms with Crippen molar-refractivity contribution in [3.05, 3.63) is 36.5 Å². The van der Waals surface area contributed by atoms with Crippen LogP contribution in [0.5, 0.6) is 0 Å². The number of hydrogen-bond donors (Lipinski definition) is 1. The minimum absolute atomic E-state index is 0.732. The molecule has 1 aliphatic heterocycles. The maximum absolute atomic E-state index is 4.67. The Balaban J connectivity index is 1.82. The average Bonchev–Trinajstić information content (AvgIpc) is 2.69. The number of nitrogens with zero attached hydrogens (tertiary/aromatic N) is 5. The maximum atomic E-state index is 4.67. The van der Waals surface area contributed by atoms with Gasteiger partial charge in [-0.2, -0.15) is 0 Å². The second-order valence-electron chi connectivity index (χ2n) is 6.70. The molecule has 1 aromatic heterocycles. The largest absolute Gasteiger partial charge is 0.354 e. The number of aromatic nitrogens is 1. The molecule has 2 rings (SSSR count). The Kier molecular flexibility index (Phi) is 8.41. The van der Waals surface area contributed by atoms with E-state index in [4.69, 9.17) is 0 Å². The van der Waals surface area contributed by atoms with Crippen LogP contribution in [0.2, 0.25) is 0 Å². The van der Waals surface area contributed by atoms with Crippen molar-refractivity contribution in [3.8, 4) is 0 Å². The van der Waals surface area contributed by atoms with Crippen LogP contribution in [-0.4, -0.2) is 74.1 Å². The quantitative estimate of drug-likeness (QED) is 0.334. The predicted molar refractivity (Wildman–Crippen MR) is 111 cm³/mol. The molecule has 2 heterocycles. The number of nitrogens with one attached hydrogen (secondary N) is 1. The highest BCUT2D eigenvalue weighted by molar-refractivity contribution is 5.79. The Hall–Kier alpha value is -2.08. The fourth-order valence-corrected chi connectivity index (χ4v) is 3.15. The molecule has 0 amide bonds. The van der Waals surface area contributed by atoms with Crippen molar-refractivity contribution in [1.82, 2.24) is 20.1 Å². The third-order valence-corrected chi connectivity index (χ3v) is 4.88. The summed E-state index contributed by atoms with van der Waals surface area (Å²) in [7, 11) is 3.89. The van der Waals surface area contributed by atoms with Gasteiger partial charge >= 0.3 is 0 Å². The molecule has 0 aromatic carbocycles. The Labute approximate surface area is 158 Å².